The van der Waals surface area contributed by atoms with Crippen molar-refractivity contribution in [2.75, 3.05) is 0 Å². The molecule has 0 radical (unpaired) electrons. The third kappa shape index (κ3) is 9.88. The molecule has 6 rings (SSSR count). The molecule has 0 bridgehead atoms. The van der Waals surface area contributed by atoms with Crippen molar-refractivity contribution in [2.24, 2.45) is 0 Å². The standard InChI is InChI=1S/C21H25.C13H10Cl2.C10H15.Zr/c1-20(2,3)16-11-10-14-12-15-8-7-9-18(21(4,5)6)19(15)17(14)13-16;14-13(15,11-7-3-1-4-8-11)12-9-5-2-6-10-12;1-8-5-6-9(7-8)10(2,3)4;/h7,9-11,13H,12H2,1-6H3;1-10H;5-7H,1-4H3;/q-1;;-1;+2. The van der Waals surface area contributed by atoms with Crippen LogP contribution in [0, 0.1) is 13.0 Å². The Bertz CT molecular complexity index is 1680. The average Bonchev–Trinajstić information content (AvgIpc) is 3.61. The quantitative estimate of drug-likeness (QED) is 0.122. The van der Waals surface area contributed by atoms with Crippen molar-refractivity contribution in [2.45, 2.75) is 96.2 Å². The van der Waals surface area contributed by atoms with Gasteiger partial charge in [0, 0.05) is 0 Å². The second kappa shape index (κ2) is 15.5. The summed E-state index contributed by atoms with van der Waals surface area (Å²) in [6.07, 6.45) is 1.03. The molecule has 0 aromatic heterocycles. The number of rotatable bonds is 2. The molecule has 0 spiro atoms. The Morgan fingerprint density at radius 2 is 1.15 bits per heavy atom. The molecular weight excluding hydrogens is 691 g/mol. The summed E-state index contributed by atoms with van der Waals surface area (Å²) in [5, 5.41) is 0. The summed E-state index contributed by atoms with van der Waals surface area (Å²) >= 11 is 12.7. The second-order valence-corrected chi connectivity index (χ2v) is 16.9. The number of alkyl halides is 2. The zero-order valence-corrected chi connectivity index (χ0v) is 33.8. The zero-order chi connectivity index (χ0) is 33.9. The fourth-order valence-corrected chi connectivity index (χ4v) is 6.23. The van der Waals surface area contributed by atoms with E-state index in [1.54, 1.807) is 0 Å². The molecule has 1 aliphatic rings. The van der Waals surface area contributed by atoms with Crippen LogP contribution in [-0.2, 0) is 53.2 Å². The monoisotopic (exact) mass is 738 g/mol. The van der Waals surface area contributed by atoms with Crippen LogP contribution in [0.25, 0.3) is 11.1 Å². The maximum Gasteiger partial charge on any atom is 2.00 e. The first-order valence-electron chi connectivity index (χ1n) is 16.3. The van der Waals surface area contributed by atoms with E-state index in [9.17, 15) is 0 Å². The molecule has 0 atom stereocenters. The van der Waals surface area contributed by atoms with Crippen LogP contribution < -0.4 is 0 Å². The van der Waals surface area contributed by atoms with E-state index in [0.717, 1.165) is 17.5 Å². The van der Waals surface area contributed by atoms with Crippen molar-refractivity contribution in [1.29, 1.82) is 0 Å². The Balaban J connectivity index is 0.000000203. The summed E-state index contributed by atoms with van der Waals surface area (Å²) in [5.41, 5.74) is 13.8. The minimum Gasteiger partial charge on any atom is -0.207 e. The average molecular weight is 741 g/mol. The molecule has 0 nitrogen and oxygen atoms in total. The van der Waals surface area contributed by atoms with E-state index in [-0.39, 0.29) is 37.0 Å². The molecule has 244 valence electrons. The Kier molecular flexibility index (Phi) is 12.9. The third-order valence-electron chi connectivity index (χ3n) is 8.55. The maximum absolute atomic E-state index is 6.35. The van der Waals surface area contributed by atoms with Crippen LogP contribution in [0.2, 0.25) is 0 Å². The number of aryl methyl sites for hydroxylation is 1. The van der Waals surface area contributed by atoms with Gasteiger partial charge in [-0.3, -0.25) is 0 Å². The van der Waals surface area contributed by atoms with Gasteiger partial charge in [0.1, 0.15) is 0 Å². The van der Waals surface area contributed by atoms with Crippen molar-refractivity contribution in [3.05, 3.63) is 160 Å². The summed E-state index contributed by atoms with van der Waals surface area (Å²) in [6.45, 7) is 22.6. The molecule has 0 fully saturated rings. The van der Waals surface area contributed by atoms with E-state index in [4.69, 9.17) is 23.2 Å². The molecule has 0 unspecified atom stereocenters. The zero-order valence-electron chi connectivity index (χ0n) is 29.9. The predicted octanol–water partition coefficient (Wildman–Crippen LogP) is 13.0. The summed E-state index contributed by atoms with van der Waals surface area (Å²) < 4.78 is -0.970. The normalized spacial score (nSPS) is 12.4. The fraction of sp³-hybridized carbons (Fsp3) is 0.341. The van der Waals surface area contributed by atoms with E-state index in [1.165, 1.54) is 44.5 Å². The first-order chi connectivity index (χ1) is 21.4. The minimum atomic E-state index is -0.970. The van der Waals surface area contributed by atoms with E-state index in [2.05, 4.69) is 124 Å². The fourth-order valence-electron chi connectivity index (χ4n) is 5.73. The van der Waals surface area contributed by atoms with Crippen LogP contribution in [0.3, 0.4) is 0 Å². The molecule has 0 saturated heterocycles. The Hall–Kier alpha value is -2.31. The summed E-state index contributed by atoms with van der Waals surface area (Å²) in [7, 11) is 0. The van der Waals surface area contributed by atoms with Gasteiger partial charge in [-0.2, -0.15) is 41.5 Å². The van der Waals surface area contributed by atoms with Crippen LogP contribution in [-0.4, -0.2) is 0 Å². The summed E-state index contributed by atoms with van der Waals surface area (Å²) in [5.74, 6) is 0. The number of halogens is 2. The van der Waals surface area contributed by atoms with Crippen molar-refractivity contribution >= 4 is 23.2 Å². The van der Waals surface area contributed by atoms with Crippen LogP contribution in [0.4, 0.5) is 0 Å². The smallest absolute Gasteiger partial charge is 0.207 e. The van der Waals surface area contributed by atoms with Crippen molar-refractivity contribution in [1.82, 2.24) is 0 Å². The molecule has 0 amide bonds. The number of hydrogen-bond acceptors (Lipinski definition) is 0. The molecule has 1 aliphatic carbocycles. The number of fused-ring (bicyclic) bond motifs is 3. The largest absolute Gasteiger partial charge is 2.00 e. The molecule has 0 aliphatic heterocycles. The molecule has 0 saturated carbocycles. The van der Waals surface area contributed by atoms with Gasteiger partial charge in [0.05, 0.1) is 0 Å². The van der Waals surface area contributed by atoms with Gasteiger partial charge < -0.3 is 0 Å². The Morgan fingerprint density at radius 1 is 0.617 bits per heavy atom. The SMILES string of the molecule is CC(C)(C)c1ccc2c(c1)-c1c([c-]ccc1C(C)(C)C)C2.Cc1cc(C(C)(C)C)c[cH-]1.ClC(Cl)(c1ccccc1)c1ccccc1.[Zr+2]. The van der Waals surface area contributed by atoms with Crippen molar-refractivity contribution in [3.8, 4) is 11.1 Å². The molecular formula is C44H50Cl2Zr. The van der Waals surface area contributed by atoms with Gasteiger partial charge in [0.15, 0.2) is 4.33 Å². The summed E-state index contributed by atoms with van der Waals surface area (Å²) in [6, 6.07) is 40.7. The van der Waals surface area contributed by atoms with E-state index in [1.807, 2.05) is 60.7 Å². The minimum absolute atomic E-state index is 0. The Morgan fingerprint density at radius 3 is 1.57 bits per heavy atom. The number of benzene rings is 4. The topological polar surface area (TPSA) is 0 Å². The van der Waals surface area contributed by atoms with Gasteiger partial charge in [-0.05, 0) is 33.9 Å². The van der Waals surface area contributed by atoms with Crippen LogP contribution >= 0.6 is 23.2 Å². The van der Waals surface area contributed by atoms with Gasteiger partial charge in [-0.25, -0.2) is 6.07 Å². The predicted molar refractivity (Wildman–Crippen MR) is 202 cm³/mol. The molecule has 47 heavy (non-hydrogen) atoms. The van der Waals surface area contributed by atoms with Crippen molar-refractivity contribution < 1.29 is 26.2 Å². The maximum atomic E-state index is 6.35. The molecule has 0 N–H and O–H groups in total. The van der Waals surface area contributed by atoms with E-state index in [0.29, 0.717) is 5.41 Å². The first kappa shape index (κ1) is 39.1. The number of hydrogen-bond donors (Lipinski definition) is 0. The molecule has 3 heteroatoms. The van der Waals surface area contributed by atoms with Gasteiger partial charge >= 0.3 is 26.2 Å². The van der Waals surface area contributed by atoms with E-state index >= 15 is 0 Å². The molecule has 0 heterocycles. The van der Waals surface area contributed by atoms with Gasteiger partial charge in [0.2, 0.25) is 0 Å². The van der Waals surface area contributed by atoms with E-state index < -0.39 is 4.33 Å². The molecule has 5 aromatic rings. The van der Waals surface area contributed by atoms with Gasteiger partial charge in [-0.15, -0.1) is 16.7 Å². The van der Waals surface area contributed by atoms with Gasteiger partial charge in [-0.1, -0.05) is 188 Å². The van der Waals surface area contributed by atoms with Crippen LogP contribution in [0.5, 0.6) is 0 Å². The van der Waals surface area contributed by atoms with Crippen molar-refractivity contribution in [3.63, 3.8) is 0 Å². The first-order valence-corrected chi connectivity index (χ1v) is 17.0. The summed E-state index contributed by atoms with van der Waals surface area (Å²) in [4.78, 5) is 0. The van der Waals surface area contributed by atoms with Crippen LogP contribution in [0.1, 0.15) is 107 Å². The third-order valence-corrected chi connectivity index (χ3v) is 9.42. The Labute approximate surface area is 314 Å². The van der Waals surface area contributed by atoms with Gasteiger partial charge in [0.25, 0.3) is 0 Å². The molecule has 5 aromatic carbocycles. The second-order valence-electron chi connectivity index (χ2n) is 15.5. The van der Waals surface area contributed by atoms with Crippen LogP contribution in [0.15, 0.2) is 109 Å².